The Morgan fingerprint density at radius 2 is 2.64 bits per heavy atom. The first-order valence-corrected chi connectivity index (χ1v) is 3.73. The highest BCUT2D eigenvalue weighted by Crippen LogP contribution is 2.25. The van der Waals surface area contributed by atoms with Crippen LogP contribution < -0.4 is 5.73 Å². The van der Waals surface area contributed by atoms with Gasteiger partial charge in [0, 0.05) is 12.6 Å². The second-order valence-electron chi connectivity index (χ2n) is 2.75. The van der Waals surface area contributed by atoms with Crippen molar-refractivity contribution in [2.75, 3.05) is 6.61 Å². The minimum Gasteiger partial charge on any atom is -0.370 e. The van der Waals surface area contributed by atoms with E-state index in [4.69, 9.17) is 10.5 Å². The molecule has 0 spiro atoms. The van der Waals surface area contributed by atoms with Crippen LogP contribution >= 0.6 is 0 Å². The zero-order valence-electron chi connectivity index (χ0n) is 6.16. The van der Waals surface area contributed by atoms with E-state index in [1.807, 2.05) is 0 Å². The standard InChI is InChI=1S/C7H11N3O/c8-5-1-2-11-7(5)6-3-9-4-10-6/h3-5,7H,1-2,8H2,(H,9,10). The fourth-order valence-corrected chi connectivity index (χ4v) is 1.35. The molecule has 0 bridgehead atoms. The van der Waals surface area contributed by atoms with Crippen molar-refractivity contribution < 1.29 is 4.74 Å². The van der Waals surface area contributed by atoms with E-state index in [0.29, 0.717) is 0 Å². The smallest absolute Gasteiger partial charge is 0.114 e. The van der Waals surface area contributed by atoms with Crippen LogP contribution in [0.1, 0.15) is 18.2 Å². The van der Waals surface area contributed by atoms with Crippen LogP contribution in [0.25, 0.3) is 0 Å². The van der Waals surface area contributed by atoms with Crippen molar-refractivity contribution in [3.63, 3.8) is 0 Å². The number of nitrogens with two attached hydrogens (primary N) is 1. The number of hydrogen-bond donors (Lipinski definition) is 2. The van der Waals surface area contributed by atoms with Gasteiger partial charge in [-0.25, -0.2) is 4.98 Å². The van der Waals surface area contributed by atoms with Gasteiger partial charge in [0.15, 0.2) is 0 Å². The van der Waals surface area contributed by atoms with Gasteiger partial charge in [-0.1, -0.05) is 0 Å². The molecule has 0 radical (unpaired) electrons. The largest absolute Gasteiger partial charge is 0.370 e. The summed E-state index contributed by atoms with van der Waals surface area (Å²) in [5.41, 5.74) is 6.78. The quantitative estimate of drug-likeness (QED) is 0.605. The second-order valence-corrected chi connectivity index (χ2v) is 2.75. The molecule has 1 aliphatic heterocycles. The molecule has 1 aliphatic rings. The number of ether oxygens (including phenoxy) is 1. The summed E-state index contributed by atoms with van der Waals surface area (Å²) in [5, 5.41) is 0. The van der Waals surface area contributed by atoms with Gasteiger partial charge in [-0.05, 0) is 6.42 Å². The van der Waals surface area contributed by atoms with Crippen LogP contribution in [0, 0.1) is 0 Å². The Kier molecular flexibility index (Phi) is 1.63. The molecule has 2 heterocycles. The zero-order chi connectivity index (χ0) is 7.68. The lowest BCUT2D eigenvalue weighted by Gasteiger charge is -2.11. The van der Waals surface area contributed by atoms with Crippen molar-refractivity contribution in [1.82, 2.24) is 9.97 Å². The molecular formula is C7H11N3O. The molecular weight excluding hydrogens is 142 g/mol. The molecule has 1 aromatic rings. The minimum atomic E-state index is 0.0255. The highest BCUT2D eigenvalue weighted by Gasteiger charge is 2.27. The van der Waals surface area contributed by atoms with Crippen molar-refractivity contribution in [2.24, 2.45) is 5.73 Å². The van der Waals surface area contributed by atoms with Gasteiger partial charge in [0.2, 0.25) is 0 Å². The predicted molar refractivity (Wildman–Crippen MR) is 39.9 cm³/mol. The van der Waals surface area contributed by atoms with Gasteiger partial charge in [0.05, 0.1) is 18.2 Å². The summed E-state index contributed by atoms with van der Waals surface area (Å²) < 4.78 is 5.41. The van der Waals surface area contributed by atoms with Crippen LogP contribution in [-0.2, 0) is 4.74 Å². The van der Waals surface area contributed by atoms with Gasteiger partial charge in [0.25, 0.3) is 0 Å². The van der Waals surface area contributed by atoms with E-state index in [0.717, 1.165) is 18.7 Å². The van der Waals surface area contributed by atoms with Crippen molar-refractivity contribution in [3.05, 3.63) is 18.2 Å². The van der Waals surface area contributed by atoms with Gasteiger partial charge >= 0.3 is 0 Å². The third kappa shape index (κ3) is 1.15. The SMILES string of the molecule is NC1CCOC1c1cnc[nH]1. The number of aromatic nitrogens is 2. The minimum absolute atomic E-state index is 0.0255. The number of imidazole rings is 1. The van der Waals surface area contributed by atoms with E-state index in [-0.39, 0.29) is 12.1 Å². The van der Waals surface area contributed by atoms with E-state index in [9.17, 15) is 0 Å². The maximum absolute atomic E-state index is 5.80. The summed E-state index contributed by atoms with van der Waals surface area (Å²) in [6, 6.07) is 0.121. The molecule has 0 aromatic carbocycles. The molecule has 1 aromatic heterocycles. The second kappa shape index (κ2) is 2.64. The first-order chi connectivity index (χ1) is 5.38. The topological polar surface area (TPSA) is 63.9 Å². The van der Waals surface area contributed by atoms with Crippen LogP contribution in [0.2, 0.25) is 0 Å². The van der Waals surface area contributed by atoms with E-state index in [2.05, 4.69) is 9.97 Å². The number of H-pyrrole nitrogens is 1. The lowest BCUT2D eigenvalue weighted by molar-refractivity contribution is 0.102. The van der Waals surface area contributed by atoms with Crippen molar-refractivity contribution in [3.8, 4) is 0 Å². The molecule has 0 amide bonds. The van der Waals surface area contributed by atoms with Gasteiger partial charge in [-0.15, -0.1) is 0 Å². The van der Waals surface area contributed by atoms with Crippen molar-refractivity contribution in [2.45, 2.75) is 18.6 Å². The van der Waals surface area contributed by atoms with Gasteiger partial charge in [0.1, 0.15) is 6.10 Å². The number of nitrogens with one attached hydrogen (secondary N) is 1. The average Bonchev–Trinajstić information content (AvgIpc) is 2.55. The molecule has 0 saturated carbocycles. The molecule has 2 rings (SSSR count). The monoisotopic (exact) mass is 153 g/mol. The molecule has 4 nitrogen and oxygen atoms in total. The Hall–Kier alpha value is -0.870. The van der Waals surface area contributed by atoms with Crippen LogP contribution in [0.3, 0.4) is 0 Å². The fraction of sp³-hybridized carbons (Fsp3) is 0.571. The highest BCUT2D eigenvalue weighted by molar-refractivity contribution is 5.04. The maximum atomic E-state index is 5.80. The molecule has 1 fully saturated rings. The third-order valence-corrected chi connectivity index (χ3v) is 1.96. The first kappa shape index (κ1) is 6.82. The number of aromatic amines is 1. The Morgan fingerprint density at radius 3 is 3.18 bits per heavy atom. The molecule has 2 unspecified atom stereocenters. The van der Waals surface area contributed by atoms with Crippen LogP contribution in [0.15, 0.2) is 12.5 Å². The third-order valence-electron chi connectivity index (χ3n) is 1.96. The Bertz CT molecular complexity index is 222. The first-order valence-electron chi connectivity index (χ1n) is 3.73. The van der Waals surface area contributed by atoms with E-state index in [1.165, 1.54) is 0 Å². The Labute approximate surface area is 64.8 Å². The molecule has 0 aliphatic carbocycles. The summed E-state index contributed by atoms with van der Waals surface area (Å²) in [5.74, 6) is 0. The van der Waals surface area contributed by atoms with Crippen molar-refractivity contribution >= 4 is 0 Å². The molecule has 11 heavy (non-hydrogen) atoms. The summed E-state index contributed by atoms with van der Waals surface area (Å²) in [6.07, 6.45) is 4.36. The van der Waals surface area contributed by atoms with E-state index < -0.39 is 0 Å². The van der Waals surface area contributed by atoms with Crippen LogP contribution in [-0.4, -0.2) is 22.6 Å². The van der Waals surface area contributed by atoms with Crippen LogP contribution in [0.4, 0.5) is 0 Å². The van der Waals surface area contributed by atoms with Gasteiger partial charge < -0.3 is 15.5 Å². The number of hydrogen-bond acceptors (Lipinski definition) is 3. The summed E-state index contributed by atoms with van der Waals surface area (Å²) >= 11 is 0. The van der Waals surface area contributed by atoms with Crippen molar-refractivity contribution in [1.29, 1.82) is 0 Å². The highest BCUT2D eigenvalue weighted by atomic mass is 16.5. The molecule has 1 saturated heterocycles. The summed E-state index contributed by atoms with van der Waals surface area (Å²) in [6.45, 7) is 0.755. The maximum Gasteiger partial charge on any atom is 0.114 e. The number of nitrogens with zero attached hydrogens (tertiary/aromatic N) is 1. The molecule has 2 atom stereocenters. The molecule has 60 valence electrons. The fourth-order valence-electron chi connectivity index (χ4n) is 1.35. The Morgan fingerprint density at radius 1 is 1.73 bits per heavy atom. The lowest BCUT2D eigenvalue weighted by Crippen LogP contribution is -2.23. The molecule has 4 heteroatoms. The summed E-state index contributed by atoms with van der Waals surface area (Å²) in [7, 11) is 0. The van der Waals surface area contributed by atoms with E-state index in [1.54, 1.807) is 12.5 Å². The summed E-state index contributed by atoms with van der Waals surface area (Å²) in [4.78, 5) is 6.90. The Balaban J connectivity index is 2.16. The van der Waals surface area contributed by atoms with Crippen LogP contribution in [0.5, 0.6) is 0 Å². The number of rotatable bonds is 1. The average molecular weight is 153 g/mol. The van der Waals surface area contributed by atoms with E-state index >= 15 is 0 Å². The normalized spacial score (nSPS) is 31.0. The molecule has 3 N–H and O–H groups in total. The lowest BCUT2D eigenvalue weighted by atomic mass is 10.1. The predicted octanol–water partition coefficient (Wildman–Crippen LogP) is 0.198. The van der Waals surface area contributed by atoms with Gasteiger partial charge in [-0.2, -0.15) is 0 Å². The zero-order valence-corrected chi connectivity index (χ0v) is 6.16. The van der Waals surface area contributed by atoms with Gasteiger partial charge in [-0.3, -0.25) is 0 Å².